The van der Waals surface area contributed by atoms with Crippen LogP contribution in [0.15, 0.2) is 69.2 Å². The number of nitrogens with zero attached hydrogens (tertiary/aromatic N) is 2. The van der Waals surface area contributed by atoms with Crippen LogP contribution in [-0.4, -0.2) is 4.98 Å². The minimum Gasteiger partial charge on any atom is -0.422 e. The highest BCUT2D eigenvalue weighted by Crippen LogP contribution is 2.27. The van der Waals surface area contributed by atoms with Gasteiger partial charge in [0.15, 0.2) is 0 Å². The zero-order chi connectivity index (χ0) is 18.8. The summed E-state index contributed by atoms with van der Waals surface area (Å²) in [5.74, 6) is 0. The molecule has 0 saturated heterocycles. The van der Waals surface area contributed by atoms with Crippen LogP contribution in [0.5, 0.6) is 0 Å². The van der Waals surface area contributed by atoms with Gasteiger partial charge in [0.1, 0.15) is 16.7 Å². The monoisotopic (exact) mass is 482 g/mol. The van der Waals surface area contributed by atoms with Crippen LogP contribution in [0.1, 0.15) is 10.6 Å². The van der Waals surface area contributed by atoms with Crippen molar-refractivity contribution in [3.05, 3.63) is 84.5 Å². The molecule has 0 atom stereocenters. The number of halogens is 1. The van der Waals surface area contributed by atoms with Crippen molar-refractivity contribution >= 4 is 56.5 Å². The molecule has 2 heterocycles. The van der Waals surface area contributed by atoms with Crippen LogP contribution < -0.4 is 5.63 Å². The van der Waals surface area contributed by atoms with Gasteiger partial charge in [-0.2, -0.15) is 5.26 Å². The topological polar surface area (TPSA) is 66.9 Å². The number of allylic oxidation sites excluding steroid dienone is 1. The van der Waals surface area contributed by atoms with E-state index in [-0.39, 0.29) is 0 Å². The van der Waals surface area contributed by atoms with Gasteiger partial charge in [0.05, 0.1) is 16.8 Å². The number of hydrogen-bond donors (Lipinski definition) is 0. The molecule has 130 valence electrons. The van der Waals surface area contributed by atoms with Crippen molar-refractivity contribution in [1.29, 1.82) is 5.26 Å². The molecule has 0 spiro atoms. The summed E-state index contributed by atoms with van der Waals surface area (Å²) in [5.41, 5.74) is 2.39. The molecule has 2 aromatic carbocycles. The Kier molecular flexibility index (Phi) is 4.88. The largest absolute Gasteiger partial charge is 0.422 e. The molecule has 0 aliphatic rings. The van der Waals surface area contributed by atoms with Gasteiger partial charge in [0.2, 0.25) is 0 Å². The van der Waals surface area contributed by atoms with E-state index in [9.17, 15) is 10.1 Å². The number of hydrogen-bond acceptors (Lipinski definition) is 5. The highest BCUT2D eigenvalue weighted by atomic mass is 127. The molecule has 2 aromatic heterocycles. The Morgan fingerprint density at radius 1 is 1.19 bits per heavy atom. The van der Waals surface area contributed by atoms with Gasteiger partial charge in [-0.25, -0.2) is 9.78 Å². The van der Waals surface area contributed by atoms with Crippen LogP contribution in [0.3, 0.4) is 0 Å². The summed E-state index contributed by atoms with van der Waals surface area (Å²) in [6, 6.07) is 19.2. The molecule has 6 heteroatoms. The van der Waals surface area contributed by atoms with Gasteiger partial charge in [-0.15, -0.1) is 11.3 Å². The van der Waals surface area contributed by atoms with Gasteiger partial charge >= 0.3 is 5.63 Å². The molecule has 0 saturated carbocycles. The summed E-state index contributed by atoms with van der Waals surface area (Å²) in [6.45, 7) is 0. The third-order valence-corrected chi connectivity index (χ3v) is 5.55. The lowest BCUT2D eigenvalue weighted by Gasteiger charge is -1.99. The van der Waals surface area contributed by atoms with Gasteiger partial charge < -0.3 is 4.42 Å². The van der Waals surface area contributed by atoms with Crippen molar-refractivity contribution in [1.82, 2.24) is 4.98 Å². The van der Waals surface area contributed by atoms with Gasteiger partial charge in [-0.1, -0.05) is 30.3 Å². The molecule has 4 nitrogen and oxygen atoms in total. The zero-order valence-corrected chi connectivity index (χ0v) is 16.8. The van der Waals surface area contributed by atoms with Crippen molar-refractivity contribution < 1.29 is 4.42 Å². The quantitative estimate of drug-likeness (QED) is 0.217. The Balaban J connectivity index is 1.75. The molecule has 0 bridgehead atoms. The van der Waals surface area contributed by atoms with Crippen molar-refractivity contribution in [2.24, 2.45) is 0 Å². The Morgan fingerprint density at radius 2 is 1.96 bits per heavy atom. The summed E-state index contributed by atoms with van der Waals surface area (Å²) in [5, 5.41) is 12.7. The minimum absolute atomic E-state index is 0.391. The Bertz CT molecular complexity index is 1260. The summed E-state index contributed by atoms with van der Waals surface area (Å²) in [6.07, 6.45) is 1.79. The lowest BCUT2D eigenvalue weighted by atomic mass is 10.1. The molecular weight excluding hydrogens is 471 g/mol. The maximum absolute atomic E-state index is 12.3. The number of rotatable bonds is 3. The van der Waals surface area contributed by atoms with Crippen molar-refractivity contribution in [2.75, 3.05) is 0 Å². The molecule has 0 aliphatic heterocycles. The second-order valence-corrected chi connectivity index (χ2v) is 7.85. The number of thiazole rings is 1. The van der Waals surface area contributed by atoms with Crippen molar-refractivity contribution in [3.63, 3.8) is 0 Å². The molecular formula is C21H11IN2O2S. The predicted octanol–water partition coefficient (Wildman–Crippen LogP) is 5.59. The fraction of sp³-hybridized carbons (Fsp3) is 0. The first-order valence-electron chi connectivity index (χ1n) is 8.00. The third-order valence-electron chi connectivity index (χ3n) is 3.95. The lowest BCUT2D eigenvalue weighted by molar-refractivity contribution is 0.563. The smallest absolute Gasteiger partial charge is 0.345 e. The Morgan fingerprint density at radius 3 is 2.74 bits per heavy atom. The normalized spacial score (nSPS) is 11.5. The number of nitriles is 1. The van der Waals surface area contributed by atoms with Crippen LogP contribution in [0.4, 0.5) is 0 Å². The summed E-state index contributed by atoms with van der Waals surface area (Å²) in [7, 11) is 0. The third kappa shape index (κ3) is 3.70. The van der Waals surface area contributed by atoms with Crippen LogP contribution in [0.2, 0.25) is 0 Å². The van der Waals surface area contributed by atoms with Gasteiger partial charge in [-0.05, 0) is 58.5 Å². The highest BCUT2D eigenvalue weighted by molar-refractivity contribution is 14.1. The van der Waals surface area contributed by atoms with E-state index in [1.54, 1.807) is 23.6 Å². The van der Waals surface area contributed by atoms with Gasteiger partial charge in [0.25, 0.3) is 0 Å². The van der Waals surface area contributed by atoms with Gasteiger partial charge in [0, 0.05) is 14.3 Å². The standard InChI is InChI=1S/C21H11IN2O2S/c22-16-7-5-13(6-8-16)9-15(11-23)20-24-18(12-27-20)17-10-14-3-1-2-4-19(14)26-21(17)25/h1-10,12H. The first-order chi connectivity index (χ1) is 13.1. The van der Waals surface area contributed by atoms with Crippen LogP contribution >= 0.6 is 33.9 Å². The maximum Gasteiger partial charge on any atom is 0.345 e. The van der Waals surface area contributed by atoms with Crippen molar-refractivity contribution in [3.8, 4) is 17.3 Å². The van der Waals surface area contributed by atoms with Crippen molar-refractivity contribution in [2.45, 2.75) is 0 Å². The SMILES string of the molecule is N#CC(=Cc1ccc(I)cc1)c1nc(-c2cc3ccccc3oc2=O)cs1. The van der Waals surface area contributed by atoms with E-state index >= 15 is 0 Å². The first kappa shape index (κ1) is 17.6. The van der Waals surface area contributed by atoms with E-state index in [2.05, 4.69) is 33.6 Å². The number of para-hydroxylation sites is 1. The fourth-order valence-electron chi connectivity index (χ4n) is 2.63. The minimum atomic E-state index is -0.439. The van der Waals surface area contributed by atoms with Crippen LogP contribution in [0.25, 0.3) is 33.9 Å². The van der Waals surface area contributed by atoms with E-state index in [0.717, 1.165) is 14.5 Å². The van der Waals surface area contributed by atoms with E-state index in [4.69, 9.17) is 4.42 Å². The van der Waals surface area contributed by atoms with E-state index in [1.807, 2.05) is 42.5 Å². The molecule has 0 unspecified atom stereocenters. The molecule has 0 amide bonds. The fourth-order valence-corrected chi connectivity index (χ4v) is 3.77. The van der Waals surface area contributed by atoms with Gasteiger partial charge in [-0.3, -0.25) is 0 Å². The molecule has 27 heavy (non-hydrogen) atoms. The van der Waals surface area contributed by atoms with Crippen LogP contribution in [0, 0.1) is 14.9 Å². The molecule has 0 aliphatic carbocycles. The average molecular weight is 482 g/mol. The summed E-state index contributed by atoms with van der Waals surface area (Å²) >= 11 is 3.56. The maximum atomic E-state index is 12.3. The molecule has 0 N–H and O–H groups in total. The van der Waals surface area contributed by atoms with E-state index < -0.39 is 5.63 Å². The molecule has 0 fully saturated rings. The lowest BCUT2D eigenvalue weighted by Crippen LogP contribution is -2.02. The number of aromatic nitrogens is 1. The Hall–Kier alpha value is -2.76. The average Bonchev–Trinajstić information content (AvgIpc) is 3.16. The zero-order valence-electron chi connectivity index (χ0n) is 13.8. The molecule has 4 aromatic rings. The Labute approximate surface area is 172 Å². The summed E-state index contributed by atoms with van der Waals surface area (Å²) < 4.78 is 6.51. The number of benzene rings is 2. The van der Waals surface area contributed by atoms with E-state index in [1.165, 1.54) is 11.3 Å². The van der Waals surface area contributed by atoms with Crippen LogP contribution in [-0.2, 0) is 0 Å². The van der Waals surface area contributed by atoms with E-state index in [0.29, 0.717) is 27.4 Å². The predicted molar refractivity (Wildman–Crippen MR) is 116 cm³/mol. The molecule has 4 rings (SSSR count). The first-order valence-corrected chi connectivity index (χ1v) is 9.96. The number of fused-ring (bicyclic) bond motifs is 1. The highest BCUT2D eigenvalue weighted by Gasteiger charge is 2.13. The summed E-state index contributed by atoms with van der Waals surface area (Å²) in [4.78, 5) is 16.8. The molecule has 0 radical (unpaired) electrons. The second-order valence-electron chi connectivity index (χ2n) is 5.74. The second kappa shape index (κ2) is 7.47.